The Morgan fingerprint density at radius 2 is 1.92 bits per heavy atom. The molecule has 0 unspecified atom stereocenters. The molecule has 0 heterocycles. The number of ketones is 1. The van der Waals surface area contributed by atoms with Crippen molar-refractivity contribution in [2.75, 3.05) is 6.61 Å². The first-order valence-electron chi connectivity index (χ1n) is 7.71. The molecule has 0 atom stereocenters. The molecule has 2 aromatic rings. The molecule has 2 aromatic carbocycles. The molecule has 26 heavy (non-hydrogen) atoms. The van der Waals surface area contributed by atoms with Gasteiger partial charge in [0.05, 0.1) is 22.1 Å². The third-order valence-corrected chi connectivity index (χ3v) is 3.84. The van der Waals surface area contributed by atoms with Crippen LogP contribution in [0.15, 0.2) is 36.4 Å². The Balaban J connectivity index is 2.24. The number of nitrogens with zero attached hydrogens (tertiary/aromatic N) is 1. The zero-order valence-corrected chi connectivity index (χ0v) is 14.9. The molecular weight excluding hydrogens is 362 g/mol. The second-order valence-corrected chi connectivity index (χ2v) is 5.72. The number of hydrogen-bond acceptors (Lipinski definition) is 6. The van der Waals surface area contributed by atoms with Crippen molar-refractivity contribution in [2.45, 2.75) is 20.5 Å². The summed E-state index contributed by atoms with van der Waals surface area (Å²) in [4.78, 5) is 34.0. The number of carbonyl (C=O) groups excluding carboxylic acids is 2. The van der Waals surface area contributed by atoms with Gasteiger partial charge in [-0.2, -0.15) is 0 Å². The molecular formula is C18H16ClNO6. The molecule has 136 valence electrons. The van der Waals surface area contributed by atoms with Gasteiger partial charge in [0.25, 0.3) is 5.69 Å². The first-order chi connectivity index (χ1) is 12.3. The molecule has 7 nitrogen and oxygen atoms in total. The largest absolute Gasteiger partial charge is 0.493 e. The van der Waals surface area contributed by atoms with E-state index in [0.29, 0.717) is 23.5 Å². The Kier molecular flexibility index (Phi) is 6.30. The van der Waals surface area contributed by atoms with Crippen molar-refractivity contribution in [3.63, 3.8) is 0 Å². The van der Waals surface area contributed by atoms with Gasteiger partial charge in [0.15, 0.2) is 5.78 Å². The topological polar surface area (TPSA) is 95.7 Å². The number of nitro benzene ring substituents is 1. The van der Waals surface area contributed by atoms with Gasteiger partial charge in [0.1, 0.15) is 12.4 Å². The molecule has 0 fully saturated rings. The summed E-state index contributed by atoms with van der Waals surface area (Å²) < 4.78 is 10.7. The zero-order chi connectivity index (χ0) is 19.3. The third-order valence-electron chi connectivity index (χ3n) is 3.51. The van der Waals surface area contributed by atoms with Crippen molar-refractivity contribution in [3.8, 4) is 5.75 Å². The van der Waals surface area contributed by atoms with Crippen LogP contribution < -0.4 is 4.74 Å². The van der Waals surface area contributed by atoms with Crippen LogP contribution in [0.3, 0.4) is 0 Å². The molecule has 2 rings (SSSR count). The number of Topliss-reactive ketones (excluding diaryl/α,β-unsaturated/α-hetero) is 1. The van der Waals surface area contributed by atoms with Gasteiger partial charge in [0.2, 0.25) is 0 Å². The molecule has 0 aliphatic rings. The molecule has 0 saturated carbocycles. The van der Waals surface area contributed by atoms with Crippen molar-refractivity contribution >= 4 is 29.0 Å². The molecule has 0 bridgehead atoms. The number of rotatable bonds is 7. The number of halogens is 1. The highest BCUT2D eigenvalue weighted by atomic mass is 35.5. The van der Waals surface area contributed by atoms with Crippen LogP contribution in [0, 0.1) is 10.1 Å². The highest BCUT2D eigenvalue weighted by Gasteiger charge is 2.18. The van der Waals surface area contributed by atoms with E-state index in [9.17, 15) is 19.7 Å². The van der Waals surface area contributed by atoms with Crippen LogP contribution in [0.25, 0.3) is 0 Å². The van der Waals surface area contributed by atoms with E-state index in [4.69, 9.17) is 21.1 Å². The van der Waals surface area contributed by atoms with Crippen LogP contribution in [-0.4, -0.2) is 23.3 Å². The predicted molar refractivity (Wildman–Crippen MR) is 94.8 cm³/mol. The standard InChI is InChI=1S/C18H16ClNO6/c1-3-25-17-7-4-12(11(2)21)8-13(17)10-26-18(22)15-9-14(20(23)24)5-6-16(15)19/h4-9H,3,10H2,1-2H3. The average Bonchev–Trinajstić information content (AvgIpc) is 2.60. The fraction of sp³-hybridized carbons (Fsp3) is 0.222. The van der Waals surface area contributed by atoms with E-state index in [-0.39, 0.29) is 28.7 Å². The summed E-state index contributed by atoms with van der Waals surface area (Å²) in [7, 11) is 0. The minimum absolute atomic E-state index is 0.0446. The van der Waals surface area contributed by atoms with Gasteiger partial charge < -0.3 is 9.47 Å². The Labute approximate surface area is 154 Å². The van der Waals surface area contributed by atoms with Crippen LogP contribution >= 0.6 is 11.6 Å². The molecule has 0 amide bonds. The van der Waals surface area contributed by atoms with E-state index >= 15 is 0 Å². The van der Waals surface area contributed by atoms with Gasteiger partial charge >= 0.3 is 5.97 Å². The number of ether oxygens (including phenoxy) is 2. The Morgan fingerprint density at radius 1 is 1.19 bits per heavy atom. The highest BCUT2D eigenvalue weighted by Crippen LogP contribution is 2.25. The fourth-order valence-electron chi connectivity index (χ4n) is 2.21. The molecule has 0 spiro atoms. The van der Waals surface area contributed by atoms with E-state index in [0.717, 1.165) is 6.07 Å². The lowest BCUT2D eigenvalue weighted by Gasteiger charge is -2.12. The average molecular weight is 378 g/mol. The number of hydrogen-bond donors (Lipinski definition) is 0. The van der Waals surface area contributed by atoms with E-state index in [1.54, 1.807) is 25.1 Å². The Morgan fingerprint density at radius 3 is 2.54 bits per heavy atom. The molecule has 0 saturated heterocycles. The number of esters is 1. The second kappa shape index (κ2) is 8.44. The SMILES string of the molecule is CCOc1ccc(C(C)=O)cc1COC(=O)c1cc([N+](=O)[O-])ccc1Cl. The minimum atomic E-state index is -0.811. The maximum Gasteiger partial charge on any atom is 0.340 e. The summed E-state index contributed by atoms with van der Waals surface area (Å²) in [5.41, 5.74) is 0.582. The Hall–Kier alpha value is -2.93. The summed E-state index contributed by atoms with van der Waals surface area (Å²) in [6, 6.07) is 8.34. The van der Waals surface area contributed by atoms with Gasteiger partial charge in [-0.3, -0.25) is 14.9 Å². The van der Waals surface area contributed by atoms with E-state index in [1.807, 2.05) is 0 Å². The van der Waals surface area contributed by atoms with Crippen LogP contribution in [0.1, 0.15) is 40.1 Å². The smallest absolute Gasteiger partial charge is 0.340 e. The first-order valence-corrected chi connectivity index (χ1v) is 8.09. The van der Waals surface area contributed by atoms with E-state index in [1.165, 1.54) is 19.1 Å². The summed E-state index contributed by atoms with van der Waals surface area (Å²) in [6.07, 6.45) is 0. The van der Waals surface area contributed by atoms with Crippen LogP contribution in [0.2, 0.25) is 5.02 Å². The molecule has 0 radical (unpaired) electrons. The van der Waals surface area contributed by atoms with E-state index < -0.39 is 10.9 Å². The van der Waals surface area contributed by atoms with Gasteiger partial charge in [-0.05, 0) is 38.1 Å². The maximum atomic E-state index is 12.3. The summed E-state index contributed by atoms with van der Waals surface area (Å²) >= 11 is 5.93. The molecule has 0 aliphatic heterocycles. The van der Waals surface area contributed by atoms with Gasteiger partial charge in [-0.25, -0.2) is 4.79 Å². The first kappa shape index (κ1) is 19.4. The fourth-order valence-corrected chi connectivity index (χ4v) is 2.41. The van der Waals surface area contributed by atoms with Crippen LogP contribution in [0.4, 0.5) is 5.69 Å². The normalized spacial score (nSPS) is 10.3. The Bertz CT molecular complexity index is 865. The number of nitro groups is 1. The van der Waals surface area contributed by atoms with Crippen molar-refractivity contribution in [1.82, 2.24) is 0 Å². The summed E-state index contributed by atoms with van der Waals surface area (Å²) in [5, 5.41) is 10.9. The monoisotopic (exact) mass is 377 g/mol. The van der Waals surface area contributed by atoms with Crippen LogP contribution in [-0.2, 0) is 11.3 Å². The number of carbonyl (C=O) groups is 2. The van der Waals surface area contributed by atoms with Crippen molar-refractivity contribution in [2.24, 2.45) is 0 Å². The predicted octanol–water partition coefficient (Wildman–Crippen LogP) is 4.21. The lowest BCUT2D eigenvalue weighted by molar-refractivity contribution is -0.384. The summed E-state index contributed by atoms with van der Waals surface area (Å²) in [6.45, 7) is 3.46. The lowest BCUT2D eigenvalue weighted by Crippen LogP contribution is -2.08. The van der Waals surface area contributed by atoms with Crippen molar-refractivity contribution in [1.29, 1.82) is 0 Å². The number of benzene rings is 2. The van der Waals surface area contributed by atoms with Gasteiger partial charge in [-0.1, -0.05) is 11.6 Å². The number of non-ortho nitro benzene ring substituents is 1. The lowest BCUT2D eigenvalue weighted by atomic mass is 10.1. The maximum absolute atomic E-state index is 12.3. The molecule has 0 aromatic heterocycles. The van der Waals surface area contributed by atoms with Crippen molar-refractivity contribution in [3.05, 3.63) is 68.2 Å². The third kappa shape index (κ3) is 4.58. The zero-order valence-electron chi connectivity index (χ0n) is 14.2. The molecule has 0 N–H and O–H groups in total. The van der Waals surface area contributed by atoms with Gasteiger partial charge in [0, 0.05) is 23.3 Å². The molecule has 0 aliphatic carbocycles. The molecule has 8 heteroatoms. The minimum Gasteiger partial charge on any atom is -0.493 e. The van der Waals surface area contributed by atoms with E-state index in [2.05, 4.69) is 0 Å². The van der Waals surface area contributed by atoms with Crippen LogP contribution in [0.5, 0.6) is 5.75 Å². The van der Waals surface area contributed by atoms with Crippen molar-refractivity contribution < 1.29 is 24.0 Å². The second-order valence-electron chi connectivity index (χ2n) is 5.31. The highest BCUT2D eigenvalue weighted by molar-refractivity contribution is 6.33. The van der Waals surface area contributed by atoms with Gasteiger partial charge in [-0.15, -0.1) is 0 Å². The summed E-state index contributed by atoms with van der Waals surface area (Å²) in [5.74, 6) is -0.466. The quantitative estimate of drug-likeness (QED) is 0.310.